The van der Waals surface area contributed by atoms with E-state index in [1.54, 1.807) is 21.3 Å². The summed E-state index contributed by atoms with van der Waals surface area (Å²) < 4.78 is 36.4. The number of ether oxygens (including phenoxy) is 3. The summed E-state index contributed by atoms with van der Waals surface area (Å²) in [5, 5.41) is 0. The molecule has 0 saturated carbocycles. The molecule has 0 radical (unpaired) electrons. The Morgan fingerprint density at radius 3 is 0.958 bits per heavy atom. The Morgan fingerprint density at radius 2 is 0.792 bits per heavy atom. The molecule has 1 fully saturated rings. The molecule has 144 valence electrons. The van der Waals surface area contributed by atoms with Gasteiger partial charge in [-0.2, -0.15) is 0 Å². The van der Waals surface area contributed by atoms with E-state index in [1.807, 2.05) is 0 Å². The highest BCUT2D eigenvalue weighted by Crippen LogP contribution is 2.41. The molecule has 0 amide bonds. The first kappa shape index (κ1) is 22.5. The van der Waals surface area contributed by atoms with Crippen LogP contribution < -0.4 is 0 Å². The Kier molecular flexibility index (Phi) is 9.85. The summed E-state index contributed by atoms with van der Waals surface area (Å²) in [6.45, 7) is 8.58. The fraction of sp³-hybridized carbons (Fsp3) is 1.00. The summed E-state index contributed by atoms with van der Waals surface area (Å²) in [6, 6.07) is 5.40. The van der Waals surface area contributed by atoms with Crippen LogP contribution in [0.25, 0.3) is 0 Å². The molecule has 0 aromatic carbocycles. The quantitative estimate of drug-likeness (QED) is 0.471. The van der Waals surface area contributed by atoms with Gasteiger partial charge in [-0.05, 0) is 18.1 Å². The van der Waals surface area contributed by atoms with Gasteiger partial charge in [0.15, 0.2) is 0 Å². The highest BCUT2D eigenvalue weighted by molar-refractivity contribution is 6.94. The predicted octanol–water partition coefficient (Wildman–Crippen LogP) is 3.38. The Balaban J connectivity index is 3.15. The number of methoxy groups -OCH3 is 3. The molecule has 9 heteroatoms. The van der Waals surface area contributed by atoms with Crippen LogP contribution in [-0.2, 0) is 26.6 Å². The first-order valence-electron chi connectivity index (χ1n) is 9.06. The minimum atomic E-state index is -2.33. The van der Waals surface area contributed by atoms with Crippen LogP contribution in [-0.4, -0.2) is 66.8 Å². The highest BCUT2D eigenvalue weighted by atomic mass is 28.5. The molecule has 1 saturated heterocycles. The van der Waals surface area contributed by atoms with Crippen LogP contribution in [0.5, 0.6) is 0 Å². The molecule has 0 spiro atoms. The van der Waals surface area contributed by atoms with E-state index < -0.39 is 25.7 Å². The molecule has 0 atom stereocenters. The van der Waals surface area contributed by atoms with E-state index in [2.05, 4.69) is 20.8 Å². The van der Waals surface area contributed by atoms with Crippen molar-refractivity contribution >= 4 is 25.7 Å². The van der Waals surface area contributed by atoms with Gasteiger partial charge in [-0.15, -0.1) is 0 Å². The second-order valence-electron chi connectivity index (χ2n) is 6.33. The van der Waals surface area contributed by atoms with Gasteiger partial charge < -0.3 is 26.6 Å². The number of rotatable bonds is 12. The lowest BCUT2D eigenvalue weighted by atomic mass is 10.9. The first-order chi connectivity index (χ1) is 11.5. The molecule has 0 unspecified atom stereocenters. The molecule has 1 aliphatic rings. The second-order valence-corrected chi connectivity index (χ2v) is 17.9. The maximum absolute atomic E-state index is 6.77. The van der Waals surface area contributed by atoms with E-state index in [0.717, 1.165) is 36.3 Å². The summed E-state index contributed by atoms with van der Waals surface area (Å²) in [5.41, 5.74) is 0. The zero-order valence-electron chi connectivity index (χ0n) is 16.3. The van der Waals surface area contributed by atoms with Crippen molar-refractivity contribution in [3.05, 3.63) is 0 Å². The third-order valence-corrected chi connectivity index (χ3v) is 19.9. The molecule has 24 heavy (non-hydrogen) atoms. The topological polar surface area (TPSA) is 55.4 Å². The molecule has 0 aliphatic carbocycles. The Hall–Kier alpha value is 0.411. The average molecular weight is 397 g/mol. The molecule has 0 bridgehead atoms. The molecule has 0 aromatic rings. The van der Waals surface area contributed by atoms with Gasteiger partial charge in [0.2, 0.25) is 0 Å². The third-order valence-electron chi connectivity index (χ3n) is 4.79. The van der Waals surface area contributed by atoms with E-state index in [1.165, 1.54) is 0 Å². The van der Waals surface area contributed by atoms with Gasteiger partial charge in [0.05, 0.1) is 0 Å². The molecule has 6 nitrogen and oxygen atoms in total. The van der Waals surface area contributed by atoms with Gasteiger partial charge in [0, 0.05) is 59.3 Å². The van der Waals surface area contributed by atoms with Crippen molar-refractivity contribution in [1.29, 1.82) is 0 Å². The van der Waals surface area contributed by atoms with Gasteiger partial charge >= 0.3 is 25.7 Å². The summed E-state index contributed by atoms with van der Waals surface area (Å²) in [4.78, 5) is 0. The summed E-state index contributed by atoms with van der Waals surface area (Å²) in [6.07, 6.45) is 0. The van der Waals surface area contributed by atoms with E-state index in [4.69, 9.17) is 26.6 Å². The zero-order chi connectivity index (χ0) is 18.1. The second kappa shape index (κ2) is 10.5. The minimum absolute atomic E-state index is 0.678. The third kappa shape index (κ3) is 5.71. The van der Waals surface area contributed by atoms with Crippen molar-refractivity contribution in [3.63, 3.8) is 0 Å². The molecule has 0 N–H and O–H groups in total. The smallest absolute Gasteiger partial charge is 0.322 e. The normalized spacial score (nSPS) is 33.8. The van der Waals surface area contributed by atoms with E-state index >= 15 is 0 Å². The minimum Gasteiger partial charge on any atom is -0.415 e. The zero-order valence-corrected chi connectivity index (χ0v) is 19.3. The van der Waals surface area contributed by atoms with E-state index in [-0.39, 0.29) is 0 Å². The highest BCUT2D eigenvalue weighted by Gasteiger charge is 2.59. The monoisotopic (exact) mass is 396 g/mol. The fourth-order valence-electron chi connectivity index (χ4n) is 3.12. The Labute approximate surface area is 150 Å². The summed E-state index contributed by atoms with van der Waals surface area (Å²) >= 11 is 0. The number of hydrogen-bond acceptors (Lipinski definition) is 6. The first-order valence-corrected chi connectivity index (χ1v) is 15.8. The molecule has 1 aliphatic heterocycles. The molecule has 1 rings (SSSR count). The van der Waals surface area contributed by atoms with Crippen molar-refractivity contribution in [2.75, 3.05) is 41.2 Å². The van der Waals surface area contributed by atoms with Crippen molar-refractivity contribution in [2.45, 2.75) is 57.0 Å². The standard InChI is InChI=1S/C15H36O6Si3/c1-7-22(13-10-16-4)19-23(8-2,14-11-17-5)21-24(9-3,20-22)15-12-18-6/h7-15H2,1-6H3. The van der Waals surface area contributed by atoms with Gasteiger partial charge in [0.1, 0.15) is 0 Å². The van der Waals surface area contributed by atoms with Crippen molar-refractivity contribution in [1.82, 2.24) is 0 Å². The lowest BCUT2D eigenvalue weighted by molar-refractivity contribution is 0.158. The predicted molar refractivity (Wildman–Crippen MR) is 102 cm³/mol. The van der Waals surface area contributed by atoms with Gasteiger partial charge in [-0.3, -0.25) is 0 Å². The van der Waals surface area contributed by atoms with Crippen LogP contribution in [0.3, 0.4) is 0 Å². The maximum atomic E-state index is 6.77. The van der Waals surface area contributed by atoms with Crippen molar-refractivity contribution in [3.8, 4) is 0 Å². The molecule has 1 heterocycles. The van der Waals surface area contributed by atoms with Crippen molar-refractivity contribution < 1.29 is 26.6 Å². The van der Waals surface area contributed by atoms with Crippen LogP contribution >= 0.6 is 0 Å². The largest absolute Gasteiger partial charge is 0.415 e. The Morgan fingerprint density at radius 1 is 0.542 bits per heavy atom. The molecule has 0 aromatic heterocycles. The molecular formula is C15H36O6Si3. The van der Waals surface area contributed by atoms with Crippen LogP contribution in [0.1, 0.15) is 20.8 Å². The van der Waals surface area contributed by atoms with Gasteiger partial charge in [0.25, 0.3) is 0 Å². The van der Waals surface area contributed by atoms with E-state index in [0.29, 0.717) is 19.8 Å². The van der Waals surface area contributed by atoms with E-state index in [9.17, 15) is 0 Å². The average Bonchev–Trinajstić information content (AvgIpc) is 2.63. The van der Waals surface area contributed by atoms with Crippen LogP contribution in [0.15, 0.2) is 0 Å². The van der Waals surface area contributed by atoms with Gasteiger partial charge in [-0.1, -0.05) is 20.8 Å². The van der Waals surface area contributed by atoms with Crippen LogP contribution in [0, 0.1) is 0 Å². The SMILES string of the molecule is CC[Si]1(CCOC)O[Si](CC)(CCOC)O[Si](CC)(CCOC)O1. The lowest BCUT2D eigenvalue weighted by Crippen LogP contribution is -2.70. The Bertz CT molecular complexity index is 300. The summed E-state index contributed by atoms with van der Waals surface area (Å²) in [5.74, 6) is 0. The summed E-state index contributed by atoms with van der Waals surface area (Å²) in [7, 11) is -1.77. The van der Waals surface area contributed by atoms with Crippen LogP contribution in [0.4, 0.5) is 0 Å². The van der Waals surface area contributed by atoms with Gasteiger partial charge in [-0.25, -0.2) is 0 Å². The fourth-order valence-corrected chi connectivity index (χ4v) is 21.4. The van der Waals surface area contributed by atoms with Crippen molar-refractivity contribution in [2.24, 2.45) is 0 Å². The van der Waals surface area contributed by atoms with Crippen LogP contribution in [0.2, 0.25) is 36.3 Å². The maximum Gasteiger partial charge on any atom is 0.322 e. The molecular weight excluding hydrogens is 360 g/mol. The number of hydrogen-bond donors (Lipinski definition) is 0. The lowest BCUT2D eigenvalue weighted by Gasteiger charge is -2.53.